The fraction of sp³-hybridized carbons (Fsp3) is 0.105. The van der Waals surface area contributed by atoms with Gasteiger partial charge in [-0.05, 0) is 13.0 Å². The number of carbonyl (C=O) groups is 2. The highest BCUT2D eigenvalue weighted by molar-refractivity contribution is 8.19. The van der Waals surface area contributed by atoms with Crippen LogP contribution >= 0.6 is 11.8 Å². The lowest BCUT2D eigenvalue weighted by atomic mass is 10.1. The Morgan fingerprint density at radius 2 is 1.81 bits per heavy atom. The zero-order valence-electron chi connectivity index (χ0n) is 14.4. The summed E-state index contributed by atoms with van der Waals surface area (Å²) >= 11 is 1.12. The summed E-state index contributed by atoms with van der Waals surface area (Å²) in [5, 5.41) is 11.6. The maximum Gasteiger partial charge on any atom is 0.285 e. The van der Waals surface area contributed by atoms with Crippen molar-refractivity contribution in [3.63, 3.8) is 0 Å². The van der Waals surface area contributed by atoms with Crippen LogP contribution in [0.15, 0.2) is 52.4 Å². The van der Waals surface area contributed by atoms with Crippen molar-refractivity contribution in [1.29, 1.82) is 0 Å². The molecule has 0 spiro atoms. The van der Waals surface area contributed by atoms with Crippen LogP contribution < -0.4 is 4.90 Å². The third kappa shape index (κ3) is 2.74. The molecule has 0 saturated heterocycles. The SMILES string of the molecule is Cc1ccc(C2=NC(=O)/C(=C3\C(=O)N(C)c4ccc([N+](=O)[O-])cc43)S2)cc1. The number of amides is 2. The van der Waals surface area contributed by atoms with E-state index in [0.717, 1.165) is 22.9 Å². The summed E-state index contributed by atoms with van der Waals surface area (Å²) in [5.41, 5.74) is 2.81. The van der Waals surface area contributed by atoms with Gasteiger partial charge in [0, 0.05) is 30.3 Å². The van der Waals surface area contributed by atoms with Crippen molar-refractivity contribution in [1.82, 2.24) is 0 Å². The Hall–Kier alpha value is -3.26. The highest BCUT2D eigenvalue weighted by Gasteiger charge is 2.38. The fourth-order valence-corrected chi connectivity index (χ4v) is 4.03. The van der Waals surface area contributed by atoms with Gasteiger partial charge in [0.2, 0.25) is 0 Å². The lowest BCUT2D eigenvalue weighted by Gasteiger charge is -2.08. The summed E-state index contributed by atoms with van der Waals surface area (Å²) in [6, 6.07) is 11.8. The topological polar surface area (TPSA) is 92.9 Å². The number of nitro benzene ring substituents is 1. The molecule has 2 amide bonds. The number of thioether (sulfide) groups is 1. The molecule has 2 aromatic carbocycles. The van der Waals surface area contributed by atoms with Gasteiger partial charge in [0.15, 0.2) is 0 Å². The Balaban J connectivity index is 1.81. The summed E-state index contributed by atoms with van der Waals surface area (Å²) in [5.74, 6) is -0.881. The smallest absolute Gasteiger partial charge is 0.285 e. The molecule has 0 radical (unpaired) electrons. The first-order valence-electron chi connectivity index (χ1n) is 8.06. The molecular formula is C19H13N3O4S. The number of rotatable bonds is 2. The molecule has 27 heavy (non-hydrogen) atoms. The molecule has 0 aliphatic carbocycles. The quantitative estimate of drug-likeness (QED) is 0.453. The predicted molar refractivity (Wildman–Crippen MR) is 104 cm³/mol. The van der Waals surface area contributed by atoms with Gasteiger partial charge in [0.1, 0.15) is 5.04 Å². The monoisotopic (exact) mass is 379 g/mol. The lowest BCUT2D eigenvalue weighted by Crippen LogP contribution is -2.21. The number of carbonyl (C=O) groups excluding carboxylic acids is 2. The zero-order chi connectivity index (χ0) is 19.3. The molecule has 4 rings (SSSR count). The van der Waals surface area contributed by atoms with E-state index in [1.54, 1.807) is 7.05 Å². The minimum absolute atomic E-state index is 0.134. The second-order valence-corrected chi connectivity index (χ2v) is 7.22. The Kier molecular flexibility index (Phi) is 3.92. The van der Waals surface area contributed by atoms with Gasteiger partial charge in [0.25, 0.3) is 17.5 Å². The Bertz CT molecular complexity index is 1090. The number of fused-ring (bicyclic) bond motifs is 1. The summed E-state index contributed by atoms with van der Waals surface area (Å²) in [6.07, 6.45) is 0. The highest BCUT2D eigenvalue weighted by atomic mass is 32.2. The average molecular weight is 379 g/mol. The maximum absolute atomic E-state index is 12.7. The van der Waals surface area contributed by atoms with Gasteiger partial charge in [-0.25, -0.2) is 4.99 Å². The van der Waals surface area contributed by atoms with E-state index in [2.05, 4.69) is 4.99 Å². The van der Waals surface area contributed by atoms with Gasteiger partial charge in [-0.15, -0.1) is 0 Å². The van der Waals surface area contributed by atoms with Crippen LogP contribution in [0.5, 0.6) is 0 Å². The van der Waals surface area contributed by atoms with Crippen LogP contribution in [0, 0.1) is 17.0 Å². The van der Waals surface area contributed by atoms with E-state index < -0.39 is 10.8 Å². The van der Waals surface area contributed by atoms with Crippen molar-refractivity contribution < 1.29 is 14.5 Å². The van der Waals surface area contributed by atoms with E-state index in [9.17, 15) is 19.7 Å². The molecule has 0 unspecified atom stereocenters. The number of hydrogen-bond donors (Lipinski definition) is 0. The first kappa shape index (κ1) is 17.2. The minimum atomic E-state index is -0.525. The highest BCUT2D eigenvalue weighted by Crippen LogP contribution is 2.44. The molecule has 0 aromatic heterocycles. The first-order valence-corrected chi connectivity index (χ1v) is 8.87. The van der Waals surface area contributed by atoms with Crippen LogP contribution in [0.2, 0.25) is 0 Å². The predicted octanol–water partition coefficient (Wildman–Crippen LogP) is 3.31. The Morgan fingerprint density at radius 3 is 2.48 bits per heavy atom. The number of likely N-dealkylation sites (N-methyl/N-ethyl adjacent to an activating group) is 1. The maximum atomic E-state index is 12.7. The molecule has 2 aliphatic heterocycles. The van der Waals surface area contributed by atoms with E-state index in [-0.39, 0.29) is 22.1 Å². The number of benzene rings is 2. The van der Waals surface area contributed by atoms with Crippen molar-refractivity contribution >= 4 is 45.6 Å². The number of aliphatic imine (C=N–C) groups is 1. The van der Waals surface area contributed by atoms with Crippen LogP contribution in [0.1, 0.15) is 16.7 Å². The van der Waals surface area contributed by atoms with Crippen molar-refractivity contribution in [3.8, 4) is 0 Å². The van der Waals surface area contributed by atoms with E-state index in [4.69, 9.17) is 0 Å². The van der Waals surface area contributed by atoms with Crippen LogP contribution in [-0.4, -0.2) is 28.8 Å². The minimum Gasteiger partial charge on any atom is -0.311 e. The van der Waals surface area contributed by atoms with Gasteiger partial charge in [-0.2, -0.15) is 0 Å². The second kappa shape index (κ2) is 6.17. The van der Waals surface area contributed by atoms with Gasteiger partial charge in [-0.3, -0.25) is 19.7 Å². The average Bonchev–Trinajstić information content (AvgIpc) is 3.13. The standard InChI is InChI=1S/C19H13N3O4S/c1-10-3-5-11(6-4-10)18-20-17(23)16(27-18)15-13-9-12(22(25)26)7-8-14(13)21(2)19(15)24/h3-9H,1-2H3/b16-15+. The summed E-state index contributed by atoms with van der Waals surface area (Å²) in [6.45, 7) is 1.96. The first-order chi connectivity index (χ1) is 12.9. The van der Waals surface area contributed by atoms with E-state index >= 15 is 0 Å². The van der Waals surface area contributed by atoms with E-state index in [0.29, 0.717) is 16.3 Å². The second-order valence-electron chi connectivity index (χ2n) is 6.22. The molecule has 7 nitrogen and oxygen atoms in total. The Labute approximate surface area is 158 Å². The number of non-ortho nitro benzene ring substituents is 1. The molecule has 0 N–H and O–H groups in total. The number of aryl methyl sites for hydroxylation is 1. The fourth-order valence-electron chi connectivity index (χ4n) is 3.03. The van der Waals surface area contributed by atoms with Crippen molar-refractivity contribution in [2.45, 2.75) is 6.92 Å². The molecule has 0 saturated carbocycles. The molecular weight excluding hydrogens is 366 g/mol. The van der Waals surface area contributed by atoms with Crippen LogP contribution in [0.4, 0.5) is 11.4 Å². The van der Waals surface area contributed by atoms with Crippen LogP contribution in [-0.2, 0) is 9.59 Å². The molecule has 0 bridgehead atoms. The molecule has 134 valence electrons. The molecule has 8 heteroatoms. The third-order valence-corrected chi connectivity index (χ3v) is 5.57. The Morgan fingerprint density at radius 1 is 1.11 bits per heavy atom. The van der Waals surface area contributed by atoms with Crippen LogP contribution in [0.3, 0.4) is 0 Å². The van der Waals surface area contributed by atoms with E-state index in [1.807, 2.05) is 31.2 Å². The van der Waals surface area contributed by atoms with Gasteiger partial charge < -0.3 is 4.90 Å². The van der Waals surface area contributed by atoms with Gasteiger partial charge in [0.05, 0.1) is 21.1 Å². The third-order valence-electron chi connectivity index (χ3n) is 4.46. The number of nitro groups is 1. The van der Waals surface area contributed by atoms with Crippen molar-refractivity contribution in [3.05, 3.63) is 74.2 Å². The van der Waals surface area contributed by atoms with Gasteiger partial charge >= 0.3 is 0 Å². The number of anilines is 1. The lowest BCUT2D eigenvalue weighted by molar-refractivity contribution is -0.384. The molecule has 0 fully saturated rings. The largest absolute Gasteiger partial charge is 0.311 e. The van der Waals surface area contributed by atoms with Crippen LogP contribution in [0.25, 0.3) is 5.57 Å². The summed E-state index contributed by atoms with van der Waals surface area (Å²) in [7, 11) is 1.58. The molecule has 0 atom stereocenters. The van der Waals surface area contributed by atoms with Crippen molar-refractivity contribution in [2.24, 2.45) is 4.99 Å². The molecule has 2 aromatic rings. The zero-order valence-corrected chi connectivity index (χ0v) is 15.2. The van der Waals surface area contributed by atoms with E-state index in [1.165, 1.54) is 23.1 Å². The summed E-state index contributed by atoms with van der Waals surface area (Å²) in [4.78, 5) is 41.5. The number of hydrogen-bond acceptors (Lipinski definition) is 5. The molecule has 2 aliphatic rings. The molecule has 2 heterocycles. The summed E-state index contributed by atoms with van der Waals surface area (Å²) < 4.78 is 0. The number of nitrogens with zero attached hydrogens (tertiary/aromatic N) is 3. The van der Waals surface area contributed by atoms with Crippen molar-refractivity contribution in [2.75, 3.05) is 11.9 Å². The van der Waals surface area contributed by atoms with Gasteiger partial charge in [-0.1, -0.05) is 41.6 Å². The normalized spacial score (nSPS) is 18.7.